The molecule has 20 heavy (non-hydrogen) atoms. The van der Waals surface area contributed by atoms with E-state index in [1.807, 2.05) is 0 Å². The molecule has 5 heteroatoms. The van der Waals surface area contributed by atoms with Crippen LogP contribution in [0.2, 0.25) is 0 Å². The Balaban J connectivity index is 1.82. The summed E-state index contributed by atoms with van der Waals surface area (Å²) in [5, 5.41) is 5.85. The fourth-order valence-electron chi connectivity index (χ4n) is 3.49. The van der Waals surface area contributed by atoms with Crippen LogP contribution < -0.4 is 10.6 Å². The van der Waals surface area contributed by atoms with Crippen LogP contribution in [-0.4, -0.2) is 42.5 Å². The lowest BCUT2D eigenvalue weighted by molar-refractivity contribution is -0.128. The van der Waals surface area contributed by atoms with Crippen LogP contribution in [0.25, 0.3) is 0 Å². The van der Waals surface area contributed by atoms with Crippen molar-refractivity contribution in [3.05, 3.63) is 0 Å². The van der Waals surface area contributed by atoms with Gasteiger partial charge in [0.25, 0.3) is 0 Å². The Morgan fingerprint density at radius 3 is 2.55 bits per heavy atom. The molecule has 0 aromatic rings. The van der Waals surface area contributed by atoms with E-state index in [2.05, 4.69) is 31.4 Å². The molecule has 3 atom stereocenters. The quantitative estimate of drug-likeness (QED) is 0.810. The number of carbonyl (C=O) groups is 2. The molecule has 1 heterocycles. The molecule has 0 unspecified atom stereocenters. The Hall–Kier alpha value is -1.26. The number of likely N-dealkylation sites (tertiary alicyclic amines) is 1. The standard InChI is InChI=1S/C15H27N3O2/c1-10-9-15(2,3)7-5-11(10)16-14(20)17-12-6-8-18(4)13(12)19/h10-12H,5-9H2,1-4H3,(H2,16,17,20)/t10-,11+,12-/m1/s1. The van der Waals surface area contributed by atoms with Crippen molar-refractivity contribution in [2.75, 3.05) is 13.6 Å². The van der Waals surface area contributed by atoms with E-state index in [1.165, 1.54) is 0 Å². The highest BCUT2D eigenvalue weighted by atomic mass is 16.2. The summed E-state index contributed by atoms with van der Waals surface area (Å²) in [7, 11) is 1.77. The summed E-state index contributed by atoms with van der Waals surface area (Å²) in [6.07, 6.45) is 3.98. The van der Waals surface area contributed by atoms with Gasteiger partial charge < -0.3 is 15.5 Å². The molecule has 1 aliphatic carbocycles. The molecule has 2 aliphatic rings. The zero-order valence-electron chi connectivity index (χ0n) is 13.0. The van der Waals surface area contributed by atoms with Crippen molar-refractivity contribution >= 4 is 11.9 Å². The molecule has 2 fully saturated rings. The highest BCUT2D eigenvalue weighted by Gasteiger charge is 2.34. The third-order valence-electron chi connectivity index (χ3n) is 4.74. The third-order valence-corrected chi connectivity index (χ3v) is 4.74. The van der Waals surface area contributed by atoms with Crippen LogP contribution in [0.3, 0.4) is 0 Å². The Labute approximate surface area is 121 Å². The van der Waals surface area contributed by atoms with Gasteiger partial charge >= 0.3 is 6.03 Å². The van der Waals surface area contributed by atoms with E-state index in [4.69, 9.17) is 0 Å². The topological polar surface area (TPSA) is 61.4 Å². The molecule has 0 bridgehead atoms. The number of hydrogen-bond donors (Lipinski definition) is 2. The summed E-state index contributed by atoms with van der Waals surface area (Å²) in [6.45, 7) is 7.48. The van der Waals surface area contributed by atoms with Crippen molar-refractivity contribution in [2.45, 2.75) is 58.5 Å². The number of carbonyl (C=O) groups excluding carboxylic acids is 2. The second kappa shape index (κ2) is 5.62. The molecular formula is C15H27N3O2. The van der Waals surface area contributed by atoms with E-state index in [1.54, 1.807) is 11.9 Å². The van der Waals surface area contributed by atoms with Crippen LogP contribution in [0.4, 0.5) is 4.79 Å². The minimum atomic E-state index is -0.352. The molecule has 2 rings (SSSR count). The lowest BCUT2D eigenvalue weighted by Gasteiger charge is -2.39. The fraction of sp³-hybridized carbons (Fsp3) is 0.867. The molecule has 114 valence electrons. The van der Waals surface area contributed by atoms with E-state index in [9.17, 15) is 9.59 Å². The SMILES string of the molecule is C[C@@H]1CC(C)(C)CC[C@@H]1NC(=O)N[C@@H]1CCN(C)C1=O. The van der Waals surface area contributed by atoms with Gasteiger partial charge in [-0.2, -0.15) is 0 Å². The Kier molecular flexibility index (Phi) is 4.25. The highest BCUT2D eigenvalue weighted by Crippen LogP contribution is 2.38. The number of urea groups is 1. The molecule has 1 saturated heterocycles. The van der Waals surface area contributed by atoms with E-state index >= 15 is 0 Å². The van der Waals surface area contributed by atoms with Gasteiger partial charge in [0.15, 0.2) is 0 Å². The van der Waals surface area contributed by atoms with Gasteiger partial charge in [0.2, 0.25) is 5.91 Å². The first kappa shape index (κ1) is 15.1. The van der Waals surface area contributed by atoms with E-state index in [0.29, 0.717) is 17.8 Å². The van der Waals surface area contributed by atoms with Crippen molar-refractivity contribution in [3.8, 4) is 0 Å². The second-order valence-corrected chi connectivity index (χ2v) is 7.21. The number of rotatable bonds is 2. The molecule has 0 radical (unpaired) electrons. The van der Waals surface area contributed by atoms with Crippen LogP contribution in [-0.2, 0) is 4.79 Å². The summed E-state index contributed by atoms with van der Waals surface area (Å²) in [5.41, 5.74) is 0.373. The van der Waals surface area contributed by atoms with Crippen LogP contribution in [0, 0.1) is 11.3 Å². The van der Waals surface area contributed by atoms with Gasteiger partial charge in [-0.15, -0.1) is 0 Å². The first-order valence-electron chi connectivity index (χ1n) is 7.60. The van der Waals surface area contributed by atoms with Crippen LogP contribution in [0.1, 0.15) is 46.5 Å². The molecule has 0 aromatic heterocycles. The van der Waals surface area contributed by atoms with Crippen molar-refractivity contribution in [2.24, 2.45) is 11.3 Å². The first-order chi connectivity index (χ1) is 9.28. The van der Waals surface area contributed by atoms with Crippen molar-refractivity contribution in [3.63, 3.8) is 0 Å². The van der Waals surface area contributed by atoms with Gasteiger partial charge in [0.1, 0.15) is 6.04 Å². The monoisotopic (exact) mass is 281 g/mol. The van der Waals surface area contributed by atoms with Gasteiger partial charge in [0, 0.05) is 19.6 Å². The van der Waals surface area contributed by atoms with Crippen LogP contribution >= 0.6 is 0 Å². The van der Waals surface area contributed by atoms with E-state index in [0.717, 1.165) is 25.8 Å². The summed E-state index contributed by atoms with van der Waals surface area (Å²) >= 11 is 0. The smallest absolute Gasteiger partial charge is 0.315 e. The summed E-state index contributed by atoms with van der Waals surface area (Å²) < 4.78 is 0. The Morgan fingerprint density at radius 2 is 2.00 bits per heavy atom. The normalized spacial score (nSPS) is 33.1. The maximum atomic E-state index is 12.0. The van der Waals surface area contributed by atoms with Crippen LogP contribution in [0.5, 0.6) is 0 Å². The highest BCUT2D eigenvalue weighted by molar-refractivity contribution is 5.88. The van der Waals surface area contributed by atoms with Gasteiger partial charge in [-0.25, -0.2) is 4.79 Å². The molecule has 1 aliphatic heterocycles. The fourth-order valence-corrected chi connectivity index (χ4v) is 3.49. The summed E-state index contributed by atoms with van der Waals surface area (Å²) in [4.78, 5) is 25.5. The minimum Gasteiger partial charge on any atom is -0.344 e. The maximum absolute atomic E-state index is 12.0. The molecule has 0 aromatic carbocycles. The number of nitrogens with one attached hydrogen (secondary N) is 2. The predicted molar refractivity (Wildman–Crippen MR) is 78.3 cm³/mol. The Morgan fingerprint density at radius 1 is 1.30 bits per heavy atom. The lowest BCUT2D eigenvalue weighted by Crippen LogP contribution is -2.51. The first-order valence-corrected chi connectivity index (χ1v) is 7.60. The number of amides is 3. The Bertz CT molecular complexity index is 395. The molecule has 3 amide bonds. The lowest BCUT2D eigenvalue weighted by atomic mass is 9.70. The zero-order chi connectivity index (χ0) is 14.9. The van der Waals surface area contributed by atoms with Crippen molar-refractivity contribution in [1.29, 1.82) is 0 Å². The van der Waals surface area contributed by atoms with Crippen LogP contribution in [0.15, 0.2) is 0 Å². The van der Waals surface area contributed by atoms with Gasteiger partial charge in [-0.1, -0.05) is 20.8 Å². The largest absolute Gasteiger partial charge is 0.344 e. The molecule has 0 spiro atoms. The van der Waals surface area contributed by atoms with Gasteiger partial charge in [0.05, 0.1) is 0 Å². The summed E-state index contributed by atoms with van der Waals surface area (Å²) in [5.74, 6) is 0.490. The second-order valence-electron chi connectivity index (χ2n) is 7.21. The third kappa shape index (κ3) is 3.44. The van der Waals surface area contributed by atoms with Crippen molar-refractivity contribution < 1.29 is 9.59 Å². The molecule has 5 nitrogen and oxygen atoms in total. The van der Waals surface area contributed by atoms with Crippen molar-refractivity contribution in [1.82, 2.24) is 15.5 Å². The molecular weight excluding hydrogens is 254 g/mol. The van der Waals surface area contributed by atoms with Gasteiger partial charge in [-0.3, -0.25) is 4.79 Å². The average Bonchev–Trinajstić information content (AvgIpc) is 2.64. The van der Waals surface area contributed by atoms with Gasteiger partial charge in [-0.05, 0) is 37.0 Å². The number of hydrogen-bond acceptors (Lipinski definition) is 2. The summed E-state index contributed by atoms with van der Waals surface area (Å²) in [6, 6.07) is -0.331. The van der Waals surface area contributed by atoms with E-state index < -0.39 is 0 Å². The van der Waals surface area contributed by atoms with E-state index in [-0.39, 0.29) is 24.0 Å². The maximum Gasteiger partial charge on any atom is 0.315 e. The number of likely N-dealkylation sites (N-methyl/N-ethyl adjacent to an activating group) is 1. The molecule has 2 N–H and O–H groups in total. The zero-order valence-corrected chi connectivity index (χ0v) is 13.0. The average molecular weight is 281 g/mol. The number of nitrogens with zero attached hydrogens (tertiary/aromatic N) is 1. The minimum absolute atomic E-state index is 0.0120. The molecule has 1 saturated carbocycles. The predicted octanol–water partition coefficient (Wildman–Crippen LogP) is 1.73.